The van der Waals surface area contributed by atoms with Crippen LogP contribution in [0.25, 0.3) is 0 Å². The number of hydrogen-bond donors (Lipinski definition) is 2. The monoisotopic (exact) mass is 410 g/mol. The van der Waals surface area contributed by atoms with Crippen LogP contribution in [0, 0.1) is 11.8 Å². The summed E-state index contributed by atoms with van der Waals surface area (Å²) in [6, 6.07) is 0. The highest BCUT2D eigenvalue weighted by molar-refractivity contribution is 7.47. The Morgan fingerprint density at radius 2 is 1.26 bits per heavy atom. The molecule has 0 fully saturated rings. The fraction of sp³-hybridized carbons (Fsp3) is 0.950. The lowest BCUT2D eigenvalue weighted by Crippen LogP contribution is -2.12. The van der Waals surface area contributed by atoms with Crippen LogP contribution in [-0.4, -0.2) is 29.2 Å². The van der Waals surface area contributed by atoms with E-state index in [0.29, 0.717) is 31.5 Å². The third-order valence-corrected chi connectivity index (χ3v) is 5.45. The quantitative estimate of drug-likeness (QED) is 0.285. The van der Waals surface area contributed by atoms with Gasteiger partial charge in [0.1, 0.15) is 0 Å². The van der Waals surface area contributed by atoms with Gasteiger partial charge in [-0.2, -0.15) is 0 Å². The Morgan fingerprint density at radius 1 is 0.852 bits per heavy atom. The summed E-state index contributed by atoms with van der Waals surface area (Å²) in [5.41, 5.74) is 0. The molecule has 0 aliphatic heterocycles. The number of unbranched alkanes of at least 4 members (excludes halogenated alkanes) is 2. The maximum atomic E-state index is 11.9. The van der Waals surface area contributed by atoms with Crippen molar-refractivity contribution in [2.45, 2.75) is 98.8 Å². The third-order valence-electron chi connectivity index (χ3n) is 4.50. The molecule has 2 unspecified atom stereocenters. The van der Waals surface area contributed by atoms with Crippen molar-refractivity contribution in [1.29, 1.82) is 0 Å². The third kappa shape index (κ3) is 20.1. The predicted molar refractivity (Wildman–Crippen MR) is 111 cm³/mol. The first-order valence-corrected chi connectivity index (χ1v) is 12.1. The zero-order chi connectivity index (χ0) is 21.1. The molecule has 0 aliphatic rings. The van der Waals surface area contributed by atoms with E-state index in [1.807, 2.05) is 6.92 Å². The van der Waals surface area contributed by atoms with Gasteiger partial charge in [0.05, 0.1) is 13.2 Å². The highest BCUT2D eigenvalue weighted by Crippen LogP contribution is 2.44. The van der Waals surface area contributed by atoms with Crippen LogP contribution in [0.3, 0.4) is 0 Å². The summed E-state index contributed by atoms with van der Waals surface area (Å²) < 4.78 is 22.2. The van der Waals surface area contributed by atoms with E-state index in [9.17, 15) is 14.3 Å². The van der Waals surface area contributed by atoms with Crippen LogP contribution in [0.2, 0.25) is 0 Å². The van der Waals surface area contributed by atoms with E-state index in [1.54, 1.807) is 0 Å². The summed E-state index contributed by atoms with van der Waals surface area (Å²) in [5, 5.41) is 7.91. The largest absolute Gasteiger partial charge is 0.481 e. The minimum atomic E-state index is -3.89. The maximum Gasteiger partial charge on any atom is 0.472 e. The van der Waals surface area contributed by atoms with Gasteiger partial charge in [-0.3, -0.25) is 13.8 Å². The number of aliphatic carboxylic acids is 1. The molecular weight excluding hydrogens is 367 g/mol. The van der Waals surface area contributed by atoms with Crippen molar-refractivity contribution in [2.75, 3.05) is 13.2 Å². The molecule has 0 amide bonds. The summed E-state index contributed by atoms with van der Waals surface area (Å²) in [6.45, 7) is 10.9. The van der Waals surface area contributed by atoms with E-state index in [1.165, 1.54) is 0 Å². The highest BCUT2D eigenvalue weighted by Gasteiger charge is 2.24. The predicted octanol–water partition coefficient (Wildman–Crippen LogP) is 6.42. The number of carbonyl (C=O) groups is 1. The average Bonchev–Trinajstić information content (AvgIpc) is 2.62. The summed E-state index contributed by atoms with van der Waals surface area (Å²) in [6.07, 6.45) is 9.58. The molecule has 164 valence electrons. The zero-order valence-electron chi connectivity index (χ0n) is 18.1. The number of carboxylic acids is 1. The molecule has 0 radical (unpaired) electrons. The van der Waals surface area contributed by atoms with Gasteiger partial charge in [-0.1, -0.05) is 73.1 Å². The second kappa shape index (κ2) is 18.9. The van der Waals surface area contributed by atoms with Gasteiger partial charge in [0.2, 0.25) is 0 Å². The average molecular weight is 411 g/mol. The SMILES string of the molecule is CCCC(=O)O.CCCCC(CC)COP(=O)(O)OCC(CC)CCCC. The van der Waals surface area contributed by atoms with Crippen molar-refractivity contribution in [3.8, 4) is 0 Å². The van der Waals surface area contributed by atoms with Crippen LogP contribution in [0.4, 0.5) is 0 Å². The fourth-order valence-corrected chi connectivity index (χ4v) is 3.32. The Kier molecular flexibility index (Phi) is 20.2. The van der Waals surface area contributed by atoms with Crippen LogP contribution >= 0.6 is 7.82 Å². The topological polar surface area (TPSA) is 93.1 Å². The molecule has 0 saturated carbocycles. The van der Waals surface area contributed by atoms with Crippen molar-refractivity contribution in [3.05, 3.63) is 0 Å². The molecule has 0 saturated heterocycles. The van der Waals surface area contributed by atoms with Crippen molar-refractivity contribution < 1.29 is 28.4 Å². The molecule has 0 bridgehead atoms. The van der Waals surface area contributed by atoms with Crippen LogP contribution in [0.1, 0.15) is 98.8 Å². The Morgan fingerprint density at radius 3 is 1.48 bits per heavy atom. The first-order chi connectivity index (χ1) is 12.8. The van der Waals surface area contributed by atoms with E-state index >= 15 is 0 Å². The van der Waals surface area contributed by atoms with Gasteiger partial charge in [-0.15, -0.1) is 0 Å². The molecule has 6 nitrogen and oxygen atoms in total. The molecule has 0 aromatic rings. The van der Waals surface area contributed by atoms with Crippen molar-refractivity contribution in [2.24, 2.45) is 11.8 Å². The van der Waals surface area contributed by atoms with E-state index in [-0.39, 0.29) is 0 Å². The number of phosphoric acid groups is 1. The summed E-state index contributed by atoms with van der Waals surface area (Å²) in [5.74, 6) is -0.0234. The molecule has 0 aliphatic carbocycles. The number of carboxylic acid groups (broad SMARTS) is 1. The minimum absolute atomic E-state index is 0.292. The summed E-state index contributed by atoms with van der Waals surface area (Å²) in [4.78, 5) is 19.4. The zero-order valence-corrected chi connectivity index (χ0v) is 19.0. The van der Waals surface area contributed by atoms with Crippen LogP contribution < -0.4 is 0 Å². The van der Waals surface area contributed by atoms with Crippen LogP contribution in [0.15, 0.2) is 0 Å². The molecule has 2 atom stereocenters. The fourth-order valence-electron chi connectivity index (χ4n) is 2.45. The standard InChI is InChI=1S/C16H35O4P.C4H8O2/c1-5-9-11-15(7-3)13-19-21(17,18)20-14-16(8-4)12-10-6-2;1-2-3-4(5)6/h15-16H,5-14H2,1-4H3,(H,17,18);2-3H2,1H3,(H,5,6). The molecule has 0 aromatic carbocycles. The lowest BCUT2D eigenvalue weighted by molar-refractivity contribution is -0.137. The molecule has 0 spiro atoms. The normalized spacial score (nSPS) is 15.3. The first-order valence-electron chi connectivity index (χ1n) is 10.6. The summed E-state index contributed by atoms with van der Waals surface area (Å²) in [7, 11) is -3.89. The number of hydrogen-bond acceptors (Lipinski definition) is 4. The molecule has 0 aromatic heterocycles. The lowest BCUT2D eigenvalue weighted by Gasteiger charge is -2.20. The second-order valence-electron chi connectivity index (χ2n) is 7.04. The van der Waals surface area contributed by atoms with Gasteiger partial charge in [0.25, 0.3) is 0 Å². The minimum Gasteiger partial charge on any atom is -0.481 e. The van der Waals surface area contributed by atoms with Crippen molar-refractivity contribution in [1.82, 2.24) is 0 Å². The van der Waals surface area contributed by atoms with E-state index in [4.69, 9.17) is 14.2 Å². The Balaban J connectivity index is 0. The Labute approximate surface area is 166 Å². The number of rotatable bonds is 16. The van der Waals surface area contributed by atoms with Gasteiger partial charge < -0.3 is 10.00 Å². The molecule has 0 heterocycles. The van der Waals surface area contributed by atoms with Crippen molar-refractivity contribution >= 4 is 13.8 Å². The first kappa shape index (κ1) is 28.8. The lowest BCUT2D eigenvalue weighted by atomic mass is 10.0. The second-order valence-corrected chi connectivity index (χ2v) is 8.49. The molecule has 2 N–H and O–H groups in total. The van der Waals surface area contributed by atoms with E-state index < -0.39 is 13.8 Å². The van der Waals surface area contributed by atoms with Crippen molar-refractivity contribution in [3.63, 3.8) is 0 Å². The van der Waals surface area contributed by atoms with Gasteiger partial charge in [0.15, 0.2) is 0 Å². The molecule has 0 rings (SSSR count). The molecule has 7 heteroatoms. The van der Waals surface area contributed by atoms with Gasteiger partial charge >= 0.3 is 13.8 Å². The smallest absolute Gasteiger partial charge is 0.472 e. The van der Waals surface area contributed by atoms with Gasteiger partial charge in [-0.05, 0) is 31.1 Å². The van der Waals surface area contributed by atoms with E-state index in [0.717, 1.165) is 57.8 Å². The van der Waals surface area contributed by atoms with Gasteiger partial charge in [0, 0.05) is 6.42 Å². The Bertz CT molecular complexity index is 365. The van der Waals surface area contributed by atoms with Crippen LogP contribution in [-0.2, 0) is 18.4 Å². The number of phosphoric ester groups is 1. The molecule has 27 heavy (non-hydrogen) atoms. The maximum absolute atomic E-state index is 11.9. The Hall–Kier alpha value is -0.420. The molecular formula is C20H43O6P. The van der Waals surface area contributed by atoms with E-state index in [2.05, 4.69) is 27.7 Å². The summed E-state index contributed by atoms with van der Waals surface area (Å²) >= 11 is 0. The van der Waals surface area contributed by atoms with Gasteiger partial charge in [-0.25, -0.2) is 4.57 Å². The highest BCUT2D eigenvalue weighted by atomic mass is 31.2. The van der Waals surface area contributed by atoms with Crippen LogP contribution in [0.5, 0.6) is 0 Å².